The SMILES string of the molecule is CCCCCCCCCCCCCN(CCCCCCCCCCCCC)C(=O)/C=C/C(=O)O. The summed E-state index contributed by atoms with van der Waals surface area (Å²) in [5.41, 5.74) is 0. The van der Waals surface area contributed by atoms with Gasteiger partial charge in [-0.15, -0.1) is 0 Å². The van der Waals surface area contributed by atoms with Crippen LogP contribution in [0.1, 0.15) is 155 Å². The summed E-state index contributed by atoms with van der Waals surface area (Å²) in [4.78, 5) is 25.1. The minimum absolute atomic E-state index is 0.151. The second-order valence-electron chi connectivity index (χ2n) is 10.1. The molecule has 0 aromatic rings. The number of carbonyl (C=O) groups excluding carboxylic acids is 1. The Morgan fingerprint density at radius 2 is 0.794 bits per heavy atom. The second-order valence-corrected chi connectivity index (χ2v) is 10.1. The molecule has 0 bridgehead atoms. The molecule has 0 heterocycles. The molecular weight excluding hydrogens is 422 g/mol. The van der Waals surface area contributed by atoms with Gasteiger partial charge in [-0.25, -0.2) is 4.79 Å². The molecule has 1 amide bonds. The third kappa shape index (κ3) is 23.8. The van der Waals surface area contributed by atoms with Crippen LogP contribution >= 0.6 is 0 Å². The van der Waals surface area contributed by atoms with Crippen molar-refractivity contribution in [1.29, 1.82) is 0 Å². The Labute approximate surface area is 212 Å². The van der Waals surface area contributed by atoms with Crippen LogP contribution in [-0.4, -0.2) is 35.0 Å². The molecule has 0 aliphatic carbocycles. The van der Waals surface area contributed by atoms with Gasteiger partial charge in [0.2, 0.25) is 5.91 Å². The summed E-state index contributed by atoms with van der Waals surface area (Å²) in [5.74, 6) is -1.21. The quantitative estimate of drug-likeness (QED) is 0.0994. The topological polar surface area (TPSA) is 57.6 Å². The Bertz CT molecular complexity index is 463. The average molecular weight is 480 g/mol. The summed E-state index contributed by atoms with van der Waals surface area (Å²) in [6.07, 6.45) is 30.6. The lowest BCUT2D eigenvalue weighted by Crippen LogP contribution is -2.31. The number of hydrogen-bond acceptors (Lipinski definition) is 2. The highest BCUT2D eigenvalue weighted by molar-refractivity contribution is 5.93. The monoisotopic (exact) mass is 479 g/mol. The first-order valence-electron chi connectivity index (χ1n) is 14.8. The first-order valence-corrected chi connectivity index (χ1v) is 14.8. The standard InChI is InChI=1S/C30H57NO3/c1-3-5-7-9-11-13-15-17-19-21-23-27-31(29(32)25-26-30(33)34)28-24-22-20-18-16-14-12-10-8-6-4-2/h25-26H,3-24,27-28H2,1-2H3,(H,33,34)/b26-25+. The van der Waals surface area contributed by atoms with E-state index in [0.717, 1.165) is 44.8 Å². The maximum Gasteiger partial charge on any atom is 0.328 e. The van der Waals surface area contributed by atoms with Crippen molar-refractivity contribution in [2.75, 3.05) is 13.1 Å². The van der Waals surface area contributed by atoms with E-state index < -0.39 is 5.97 Å². The summed E-state index contributed by atoms with van der Waals surface area (Å²) < 4.78 is 0. The highest BCUT2D eigenvalue weighted by atomic mass is 16.4. The molecule has 0 saturated carbocycles. The summed E-state index contributed by atoms with van der Waals surface area (Å²) in [6, 6.07) is 0. The number of nitrogens with zero attached hydrogens (tertiary/aromatic N) is 1. The number of carbonyl (C=O) groups is 2. The van der Waals surface area contributed by atoms with Gasteiger partial charge >= 0.3 is 5.97 Å². The number of unbranched alkanes of at least 4 members (excludes halogenated alkanes) is 20. The van der Waals surface area contributed by atoms with E-state index in [0.29, 0.717) is 0 Å². The first-order chi connectivity index (χ1) is 16.6. The molecule has 0 fully saturated rings. The molecule has 4 nitrogen and oxygen atoms in total. The van der Waals surface area contributed by atoms with E-state index in [9.17, 15) is 9.59 Å². The molecule has 4 heteroatoms. The molecule has 200 valence electrons. The highest BCUT2D eigenvalue weighted by Crippen LogP contribution is 2.13. The number of rotatable bonds is 26. The van der Waals surface area contributed by atoms with Gasteiger partial charge in [0.15, 0.2) is 0 Å². The Hall–Kier alpha value is -1.32. The van der Waals surface area contributed by atoms with Gasteiger partial charge in [-0.05, 0) is 12.8 Å². The van der Waals surface area contributed by atoms with Crippen LogP contribution in [0, 0.1) is 0 Å². The molecule has 0 unspecified atom stereocenters. The van der Waals surface area contributed by atoms with Crippen LogP contribution < -0.4 is 0 Å². The normalized spacial score (nSPS) is 11.4. The van der Waals surface area contributed by atoms with Crippen LogP contribution in [-0.2, 0) is 9.59 Å². The number of amides is 1. The lowest BCUT2D eigenvalue weighted by atomic mass is 10.1. The zero-order valence-electron chi connectivity index (χ0n) is 22.8. The molecule has 0 saturated heterocycles. The van der Waals surface area contributed by atoms with Crippen molar-refractivity contribution in [1.82, 2.24) is 4.90 Å². The maximum absolute atomic E-state index is 12.4. The van der Waals surface area contributed by atoms with Crippen LogP contribution in [0.3, 0.4) is 0 Å². The lowest BCUT2D eigenvalue weighted by molar-refractivity contribution is -0.132. The Kier molecular flexibility index (Phi) is 25.3. The second kappa shape index (κ2) is 26.3. The summed E-state index contributed by atoms with van der Waals surface area (Å²) in [6.45, 7) is 6.01. The van der Waals surface area contributed by atoms with Gasteiger partial charge in [0.05, 0.1) is 0 Å². The van der Waals surface area contributed by atoms with Gasteiger partial charge in [0, 0.05) is 25.2 Å². The molecule has 0 radical (unpaired) electrons. The van der Waals surface area contributed by atoms with Crippen LogP contribution in [0.15, 0.2) is 12.2 Å². The average Bonchev–Trinajstić information content (AvgIpc) is 2.83. The van der Waals surface area contributed by atoms with Crippen LogP contribution in [0.5, 0.6) is 0 Å². The fraction of sp³-hybridized carbons (Fsp3) is 0.867. The fourth-order valence-corrected chi connectivity index (χ4v) is 4.51. The van der Waals surface area contributed by atoms with Crippen molar-refractivity contribution >= 4 is 11.9 Å². The number of aliphatic carboxylic acids is 1. The van der Waals surface area contributed by atoms with Crippen molar-refractivity contribution in [3.63, 3.8) is 0 Å². The smallest absolute Gasteiger partial charge is 0.328 e. The number of carboxylic acid groups (broad SMARTS) is 1. The van der Waals surface area contributed by atoms with Crippen LogP contribution in [0.25, 0.3) is 0 Å². The molecule has 0 aromatic heterocycles. The molecule has 0 rings (SSSR count). The van der Waals surface area contributed by atoms with Gasteiger partial charge < -0.3 is 10.0 Å². The van der Waals surface area contributed by atoms with E-state index in [4.69, 9.17) is 5.11 Å². The van der Waals surface area contributed by atoms with E-state index in [2.05, 4.69) is 13.8 Å². The molecule has 0 aliphatic heterocycles. The van der Waals surface area contributed by atoms with Crippen molar-refractivity contribution in [2.45, 2.75) is 155 Å². The van der Waals surface area contributed by atoms with Crippen molar-refractivity contribution in [3.8, 4) is 0 Å². The predicted octanol–water partition coefficient (Wildman–Crippen LogP) is 9.08. The van der Waals surface area contributed by atoms with Crippen LogP contribution in [0.4, 0.5) is 0 Å². The molecule has 0 aliphatic rings. The zero-order chi connectivity index (χ0) is 25.1. The largest absolute Gasteiger partial charge is 0.478 e. The van der Waals surface area contributed by atoms with E-state index in [-0.39, 0.29) is 5.91 Å². The van der Waals surface area contributed by atoms with Crippen LogP contribution in [0.2, 0.25) is 0 Å². The zero-order valence-corrected chi connectivity index (χ0v) is 22.8. The Morgan fingerprint density at radius 1 is 0.500 bits per heavy atom. The molecule has 0 spiro atoms. The predicted molar refractivity (Wildman–Crippen MR) is 146 cm³/mol. The molecule has 0 atom stereocenters. The molecule has 1 N–H and O–H groups in total. The lowest BCUT2D eigenvalue weighted by Gasteiger charge is -2.21. The summed E-state index contributed by atoms with van der Waals surface area (Å²) >= 11 is 0. The Morgan fingerprint density at radius 3 is 1.09 bits per heavy atom. The Balaban J connectivity index is 3.93. The van der Waals surface area contributed by atoms with Crippen molar-refractivity contribution in [2.24, 2.45) is 0 Å². The van der Waals surface area contributed by atoms with Gasteiger partial charge in [0.1, 0.15) is 0 Å². The maximum atomic E-state index is 12.4. The number of carboxylic acids is 1. The van der Waals surface area contributed by atoms with E-state index in [1.807, 2.05) is 4.90 Å². The summed E-state index contributed by atoms with van der Waals surface area (Å²) in [7, 11) is 0. The van der Waals surface area contributed by atoms with Gasteiger partial charge in [-0.3, -0.25) is 4.79 Å². The fourth-order valence-electron chi connectivity index (χ4n) is 4.51. The number of hydrogen-bond donors (Lipinski definition) is 1. The van der Waals surface area contributed by atoms with E-state index >= 15 is 0 Å². The summed E-state index contributed by atoms with van der Waals surface area (Å²) in [5, 5.41) is 8.84. The van der Waals surface area contributed by atoms with Crippen molar-refractivity contribution in [3.05, 3.63) is 12.2 Å². The molecular formula is C30H57NO3. The molecule has 34 heavy (non-hydrogen) atoms. The third-order valence-electron chi connectivity index (χ3n) is 6.74. The highest BCUT2D eigenvalue weighted by Gasteiger charge is 2.10. The van der Waals surface area contributed by atoms with E-state index in [1.54, 1.807) is 0 Å². The molecule has 0 aromatic carbocycles. The van der Waals surface area contributed by atoms with Gasteiger partial charge in [-0.1, -0.05) is 142 Å². The third-order valence-corrected chi connectivity index (χ3v) is 6.74. The van der Waals surface area contributed by atoms with Gasteiger partial charge in [0.25, 0.3) is 0 Å². The van der Waals surface area contributed by atoms with Crippen molar-refractivity contribution < 1.29 is 14.7 Å². The first kappa shape index (κ1) is 32.7. The van der Waals surface area contributed by atoms with E-state index in [1.165, 1.54) is 122 Å². The minimum Gasteiger partial charge on any atom is -0.478 e. The minimum atomic E-state index is -1.06. The van der Waals surface area contributed by atoms with Gasteiger partial charge in [-0.2, -0.15) is 0 Å².